The van der Waals surface area contributed by atoms with E-state index in [0.717, 1.165) is 12.8 Å². The quantitative estimate of drug-likeness (QED) is 0.756. The van der Waals surface area contributed by atoms with E-state index in [4.69, 9.17) is 14.2 Å². The van der Waals surface area contributed by atoms with Gasteiger partial charge in [0.1, 0.15) is 5.60 Å². The molecule has 0 N–H and O–H groups in total. The molecule has 1 amide bonds. The zero-order valence-electron chi connectivity index (χ0n) is 14.2. The number of nitrogens with zero attached hydrogens (tertiary/aromatic N) is 1. The Morgan fingerprint density at radius 2 is 1.52 bits per heavy atom. The topological polar surface area (TPSA) is 48.0 Å². The summed E-state index contributed by atoms with van der Waals surface area (Å²) in [6, 6.07) is 0. The van der Waals surface area contributed by atoms with Crippen molar-refractivity contribution >= 4 is 6.09 Å². The lowest BCUT2D eigenvalue weighted by Gasteiger charge is -2.41. The first-order valence-corrected chi connectivity index (χ1v) is 7.95. The van der Waals surface area contributed by atoms with Gasteiger partial charge >= 0.3 is 6.09 Å². The van der Waals surface area contributed by atoms with Crippen molar-refractivity contribution in [3.8, 4) is 0 Å². The van der Waals surface area contributed by atoms with Gasteiger partial charge in [0.15, 0.2) is 0 Å². The predicted octanol–water partition coefficient (Wildman–Crippen LogP) is 3.08. The van der Waals surface area contributed by atoms with Crippen molar-refractivity contribution in [1.29, 1.82) is 0 Å². The normalized spacial score (nSPS) is 18.6. The van der Waals surface area contributed by atoms with Gasteiger partial charge in [-0.3, -0.25) is 0 Å². The number of likely N-dealkylation sites (tertiary alicyclic amines) is 1. The highest BCUT2D eigenvalue weighted by atomic mass is 16.6. The maximum atomic E-state index is 12.1. The third-order valence-electron chi connectivity index (χ3n) is 3.70. The Morgan fingerprint density at radius 3 is 1.90 bits per heavy atom. The van der Waals surface area contributed by atoms with Gasteiger partial charge in [-0.25, -0.2) is 4.79 Å². The van der Waals surface area contributed by atoms with E-state index in [1.165, 1.54) is 0 Å². The molecular formula is C16H31NO4. The van der Waals surface area contributed by atoms with Gasteiger partial charge in [-0.15, -0.1) is 0 Å². The van der Waals surface area contributed by atoms with Gasteiger partial charge in [-0.05, 0) is 47.5 Å². The summed E-state index contributed by atoms with van der Waals surface area (Å²) in [4.78, 5) is 13.9. The monoisotopic (exact) mass is 301 g/mol. The summed E-state index contributed by atoms with van der Waals surface area (Å²) >= 11 is 0. The molecule has 21 heavy (non-hydrogen) atoms. The van der Waals surface area contributed by atoms with Crippen LogP contribution in [0.25, 0.3) is 0 Å². The van der Waals surface area contributed by atoms with Crippen LogP contribution in [0.15, 0.2) is 0 Å². The minimum atomic E-state index is -0.442. The average molecular weight is 301 g/mol. The molecule has 5 heteroatoms. The molecule has 1 rings (SSSR count). The van der Waals surface area contributed by atoms with Gasteiger partial charge in [-0.2, -0.15) is 0 Å². The number of carbonyl (C=O) groups excluding carboxylic acids is 1. The zero-order chi connectivity index (χ0) is 15.9. The number of hydrogen-bond acceptors (Lipinski definition) is 4. The van der Waals surface area contributed by atoms with E-state index in [1.54, 1.807) is 4.90 Å². The Labute approximate surface area is 128 Å². The Hall–Kier alpha value is -0.810. The van der Waals surface area contributed by atoms with E-state index >= 15 is 0 Å². The Bertz CT molecular complexity index is 307. The summed E-state index contributed by atoms with van der Waals surface area (Å²) in [6.07, 6.45) is 1.57. The first-order chi connectivity index (χ1) is 9.82. The van der Waals surface area contributed by atoms with Crippen molar-refractivity contribution in [3.63, 3.8) is 0 Å². The van der Waals surface area contributed by atoms with Crippen LogP contribution in [0, 0.1) is 5.41 Å². The summed E-state index contributed by atoms with van der Waals surface area (Å²) in [5.41, 5.74) is -0.410. The predicted molar refractivity (Wildman–Crippen MR) is 82.5 cm³/mol. The molecule has 1 aliphatic rings. The van der Waals surface area contributed by atoms with E-state index in [0.29, 0.717) is 39.5 Å². The fourth-order valence-electron chi connectivity index (χ4n) is 2.46. The van der Waals surface area contributed by atoms with E-state index in [2.05, 4.69) is 0 Å². The third-order valence-corrected chi connectivity index (χ3v) is 3.70. The van der Waals surface area contributed by atoms with Crippen LogP contribution in [-0.2, 0) is 14.2 Å². The molecule has 1 saturated heterocycles. The van der Waals surface area contributed by atoms with Gasteiger partial charge in [0.05, 0.1) is 13.2 Å². The van der Waals surface area contributed by atoms with Gasteiger partial charge < -0.3 is 19.1 Å². The lowest BCUT2D eigenvalue weighted by atomic mass is 9.80. The van der Waals surface area contributed by atoms with Crippen LogP contribution in [-0.4, -0.2) is 56.1 Å². The van der Waals surface area contributed by atoms with Crippen LogP contribution >= 0.6 is 0 Å². The van der Waals surface area contributed by atoms with E-state index in [9.17, 15) is 4.79 Å². The molecule has 5 nitrogen and oxygen atoms in total. The lowest BCUT2D eigenvalue weighted by Crippen LogP contribution is -2.48. The summed E-state index contributed by atoms with van der Waals surface area (Å²) in [7, 11) is 0. The third kappa shape index (κ3) is 6.22. The molecule has 0 spiro atoms. The minimum Gasteiger partial charge on any atom is -0.444 e. The highest BCUT2D eigenvalue weighted by molar-refractivity contribution is 5.68. The number of carbonyl (C=O) groups is 1. The summed E-state index contributed by atoms with van der Waals surface area (Å²) < 4.78 is 16.7. The number of rotatable bonds is 6. The molecule has 0 bridgehead atoms. The SMILES string of the molecule is CCOCC1(COCC)CCN(C(=O)OC(C)(C)C)CC1. The van der Waals surface area contributed by atoms with Crippen molar-refractivity contribution in [3.05, 3.63) is 0 Å². The number of amides is 1. The Morgan fingerprint density at radius 1 is 1.05 bits per heavy atom. The molecule has 0 aliphatic carbocycles. The molecule has 0 aromatic rings. The second-order valence-electron chi connectivity index (χ2n) is 6.74. The molecule has 0 atom stereocenters. The summed E-state index contributed by atoms with van der Waals surface area (Å²) in [6.45, 7) is 13.9. The highest BCUT2D eigenvalue weighted by Crippen LogP contribution is 2.33. The molecule has 0 saturated carbocycles. The van der Waals surface area contributed by atoms with Gasteiger partial charge in [-0.1, -0.05) is 0 Å². The van der Waals surface area contributed by atoms with Gasteiger partial charge in [0, 0.05) is 31.7 Å². The number of ether oxygens (including phenoxy) is 3. The average Bonchev–Trinajstić information content (AvgIpc) is 2.42. The van der Waals surface area contributed by atoms with Crippen LogP contribution in [0.3, 0.4) is 0 Å². The lowest BCUT2D eigenvalue weighted by molar-refractivity contribution is -0.0541. The fourth-order valence-corrected chi connectivity index (χ4v) is 2.46. The van der Waals surface area contributed by atoms with Crippen molar-refractivity contribution in [1.82, 2.24) is 4.90 Å². The zero-order valence-corrected chi connectivity index (χ0v) is 14.2. The molecule has 0 radical (unpaired) electrons. The Kier molecular flexibility index (Phi) is 6.94. The van der Waals surface area contributed by atoms with Crippen molar-refractivity contribution in [2.24, 2.45) is 5.41 Å². The first kappa shape index (κ1) is 18.2. The standard InChI is InChI=1S/C16H31NO4/c1-6-19-12-16(13-20-7-2)8-10-17(11-9-16)14(18)21-15(3,4)5/h6-13H2,1-5H3. The number of hydrogen-bond donors (Lipinski definition) is 0. The second-order valence-corrected chi connectivity index (χ2v) is 6.74. The van der Waals surface area contributed by atoms with Gasteiger partial charge in [0.2, 0.25) is 0 Å². The van der Waals surface area contributed by atoms with Crippen LogP contribution in [0.4, 0.5) is 4.79 Å². The van der Waals surface area contributed by atoms with Crippen molar-refractivity contribution in [2.75, 3.05) is 39.5 Å². The molecule has 1 aliphatic heterocycles. The molecule has 0 aromatic carbocycles. The smallest absolute Gasteiger partial charge is 0.410 e. The van der Waals surface area contributed by atoms with Crippen LogP contribution in [0.5, 0.6) is 0 Å². The maximum absolute atomic E-state index is 12.1. The highest BCUT2D eigenvalue weighted by Gasteiger charge is 2.37. The van der Waals surface area contributed by atoms with Crippen molar-refractivity contribution in [2.45, 2.75) is 53.1 Å². The largest absolute Gasteiger partial charge is 0.444 e. The molecule has 0 aromatic heterocycles. The molecule has 1 heterocycles. The van der Waals surface area contributed by atoms with E-state index < -0.39 is 5.60 Å². The van der Waals surface area contributed by atoms with Crippen molar-refractivity contribution < 1.29 is 19.0 Å². The summed E-state index contributed by atoms with van der Waals surface area (Å²) in [5, 5.41) is 0. The van der Waals surface area contributed by atoms with E-state index in [-0.39, 0.29) is 11.5 Å². The molecule has 124 valence electrons. The molecular weight excluding hydrogens is 270 g/mol. The number of piperidine rings is 1. The second kappa shape index (κ2) is 7.99. The molecule has 1 fully saturated rings. The van der Waals surface area contributed by atoms with Gasteiger partial charge in [0.25, 0.3) is 0 Å². The first-order valence-electron chi connectivity index (χ1n) is 7.95. The van der Waals surface area contributed by atoms with E-state index in [1.807, 2.05) is 34.6 Å². The maximum Gasteiger partial charge on any atom is 0.410 e. The fraction of sp³-hybridized carbons (Fsp3) is 0.938. The van der Waals surface area contributed by atoms with Crippen LogP contribution in [0.2, 0.25) is 0 Å². The summed E-state index contributed by atoms with van der Waals surface area (Å²) in [5.74, 6) is 0. The minimum absolute atomic E-state index is 0.0323. The Balaban J connectivity index is 2.54. The molecule has 0 unspecified atom stereocenters. The van der Waals surface area contributed by atoms with Crippen LogP contribution < -0.4 is 0 Å². The van der Waals surface area contributed by atoms with Crippen LogP contribution in [0.1, 0.15) is 47.5 Å².